The van der Waals surface area contributed by atoms with Gasteiger partial charge >= 0.3 is 5.97 Å². The second-order valence-electron chi connectivity index (χ2n) is 3.76. The molecule has 0 aliphatic carbocycles. The van der Waals surface area contributed by atoms with Crippen LogP contribution in [0.1, 0.15) is 15.4 Å². The van der Waals surface area contributed by atoms with Gasteiger partial charge in [0.25, 0.3) is 0 Å². The number of halogens is 3. The molecule has 1 N–H and O–H groups in total. The van der Waals surface area contributed by atoms with Crippen LogP contribution >= 0.6 is 50.5 Å². The summed E-state index contributed by atoms with van der Waals surface area (Å²) < 4.78 is 5.37. The van der Waals surface area contributed by atoms with Crippen LogP contribution in [0.15, 0.2) is 16.6 Å². The highest BCUT2D eigenvalue weighted by atomic mass is 79.9. The molecule has 4 nitrogen and oxygen atoms in total. The van der Waals surface area contributed by atoms with Crippen molar-refractivity contribution in [3.63, 3.8) is 0 Å². The van der Waals surface area contributed by atoms with E-state index in [0.717, 1.165) is 4.88 Å². The first-order valence-corrected chi connectivity index (χ1v) is 7.77. The number of aryl methyl sites for hydroxylation is 1. The maximum atomic E-state index is 11.5. The van der Waals surface area contributed by atoms with Crippen LogP contribution in [-0.4, -0.2) is 18.1 Å². The molecule has 20 heavy (non-hydrogen) atoms. The Hall–Kier alpha value is -0.820. The molecule has 0 spiro atoms. The van der Waals surface area contributed by atoms with Crippen molar-refractivity contribution in [2.75, 3.05) is 12.4 Å². The average molecular weight is 396 g/mol. The van der Waals surface area contributed by atoms with E-state index in [1.54, 1.807) is 19.1 Å². The molecule has 0 saturated carbocycles. The Labute approximate surface area is 138 Å². The Morgan fingerprint density at radius 2 is 2.10 bits per heavy atom. The zero-order chi connectivity index (χ0) is 14.9. The van der Waals surface area contributed by atoms with E-state index in [2.05, 4.69) is 31.0 Å². The number of benzene rings is 1. The smallest absolute Gasteiger partial charge is 0.357 e. The maximum Gasteiger partial charge on any atom is 0.357 e. The van der Waals surface area contributed by atoms with Gasteiger partial charge in [-0.05, 0) is 35.0 Å². The number of thiazole rings is 1. The lowest BCUT2D eigenvalue weighted by Gasteiger charge is -2.07. The van der Waals surface area contributed by atoms with Crippen molar-refractivity contribution in [3.05, 3.63) is 37.2 Å². The number of carbonyl (C=O) groups is 1. The van der Waals surface area contributed by atoms with Gasteiger partial charge in [0.05, 0.1) is 22.8 Å². The van der Waals surface area contributed by atoms with E-state index in [9.17, 15) is 4.79 Å². The van der Waals surface area contributed by atoms with Crippen LogP contribution in [0, 0.1) is 6.92 Å². The van der Waals surface area contributed by atoms with Crippen LogP contribution in [0.3, 0.4) is 0 Å². The van der Waals surface area contributed by atoms with Gasteiger partial charge in [-0.3, -0.25) is 0 Å². The van der Waals surface area contributed by atoms with Gasteiger partial charge in [0.2, 0.25) is 0 Å². The zero-order valence-corrected chi connectivity index (χ0v) is 14.4. The minimum atomic E-state index is -0.466. The predicted octanol–water partition coefficient (Wildman–Crippen LogP) is 5.05. The summed E-state index contributed by atoms with van der Waals surface area (Å²) in [4.78, 5) is 16.5. The van der Waals surface area contributed by atoms with Gasteiger partial charge < -0.3 is 10.1 Å². The molecule has 0 radical (unpaired) electrons. The van der Waals surface area contributed by atoms with Gasteiger partial charge in [0.15, 0.2) is 10.8 Å². The summed E-state index contributed by atoms with van der Waals surface area (Å²) >= 11 is 16.8. The monoisotopic (exact) mass is 394 g/mol. The summed E-state index contributed by atoms with van der Waals surface area (Å²) in [6.07, 6.45) is 0. The van der Waals surface area contributed by atoms with E-state index < -0.39 is 5.97 Å². The number of esters is 1. The summed E-state index contributed by atoms with van der Waals surface area (Å²) in [7, 11) is 1.32. The molecule has 0 unspecified atom stereocenters. The van der Waals surface area contributed by atoms with Crippen molar-refractivity contribution in [2.24, 2.45) is 0 Å². The van der Waals surface area contributed by atoms with E-state index in [0.29, 0.717) is 31.0 Å². The number of anilines is 2. The van der Waals surface area contributed by atoms with E-state index in [4.69, 9.17) is 23.2 Å². The topological polar surface area (TPSA) is 51.2 Å². The van der Waals surface area contributed by atoms with Crippen molar-refractivity contribution in [1.82, 2.24) is 4.98 Å². The minimum absolute atomic E-state index is 0.291. The first-order chi connectivity index (χ1) is 9.43. The molecule has 106 valence electrons. The van der Waals surface area contributed by atoms with E-state index in [1.165, 1.54) is 18.4 Å². The number of nitrogens with zero attached hydrogens (tertiary/aromatic N) is 1. The number of methoxy groups -OCH3 is 1. The second kappa shape index (κ2) is 6.30. The van der Waals surface area contributed by atoms with Crippen molar-refractivity contribution in [2.45, 2.75) is 6.92 Å². The molecule has 1 heterocycles. The zero-order valence-electron chi connectivity index (χ0n) is 10.5. The number of hydrogen-bond acceptors (Lipinski definition) is 5. The second-order valence-corrected chi connectivity index (χ2v) is 6.58. The third-order valence-electron chi connectivity index (χ3n) is 2.45. The van der Waals surface area contributed by atoms with Crippen LogP contribution in [0.25, 0.3) is 0 Å². The Kier molecular flexibility index (Phi) is 4.90. The van der Waals surface area contributed by atoms with Gasteiger partial charge in [-0.15, -0.1) is 11.3 Å². The van der Waals surface area contributed by atoms with E-state index in [-0.39, 0.29) is 0 Å². The Morgan fingerprint density at radius 3 is 2.75 bits per heavy atom. The number of ether oxygens (including phenoxy) is 1. The summed E-state index contributed by atoms with van der Waals surface area (Å²) in [5, 5.41) is 4.39. The summed E-state index contributed by atoms with van der Waals surface area (Å²) in [5.74, 6) is -0.466. The highest BCUT2D eigenvalue weighted by Crippen LogP contribution is 2.38. The fraction of sp³-hybridized carbons (Fsp3) is 0.167. The lowest BCUT2D eigenvalue weighted by atomic mass is 10.3. The minimum Gasteiger partial charge on any atom is -0.464 e. The Balaban J connectivity index is 2.32. The molecule has 0 bridgehead atoms. The molecule has 0 aliphatic heterocycles. The summed E-state index contributed by atoms with van der Waals surface area (Å²) in [6.45, 7) is 1.80. The average Bonchev–Trinajstić information content (AvgIpc) is 2.79. The molecule has 1 aromatic heterocycles. The van der Waals surface area contributed by atoms with Crippen molar-refractivity contribution in [1.29, 1.82) is 0 Å². The normalized spacial score (nSPS) is 10.4. The first kappa shape index (κ1) is 15.6. The molecule has 2 aromatic rings. The van der Waals surface area contributed by atoms with Crippen LogP contribution in [0.2, 0.25) is 10.0 Å². The fourth-order valence-corrected chi connectivity index (χ4v) is 3.11. The SMILES string of the molecule is COC(=O)c1nc(Nc2ccc(Br)c(Cl)c2Cl)sc1C. The van der Waals surface area contributed by atoms with Gasteiger partial charge in [0.1, 0.15) is 0 Å². The number of carbonyl (C=O) groups excluding carboxylic acids is 1. The number of rotatable bonds is 3. The highest BCUT2D eigenvalue weighted by Gasteiger charge is 2.17. The third kappa shape index (κ3) is 3.09. The Morgan fingerprint density at radius 1 is 1.40 bits per heavy atom. The molecular formula is C12H9BrCl2N2O2S. The number of nitrogens with one attached hydrogen (secondary N) is 1. The van der Waals surface area contributed by atoms with Gasteiger partial charge in [0, 0.05) is 9.35 Å². The number of hydrogen-bond donors (Lipinski definition) is 1. The quantitative estimate of drug-likeness (QED) is 0.583. The lowest BCUT2D eigenvalue weighted by Crippen LogP contribution is -2.03. The molecule has 0 amide bonds. The van der Waals surface area contributed by atoms with Gasteiger partial charge in [-0.25, -0.2) is 9.78 Å². The van der Waals surface area contributed by atoms with Crippen molar-refractivity contribution < 1.29 is 9.53 Å². The Bertz CT molecular complexity index is 676. The standard InChI is InChI=1S/C12H9BrCl2N2O2S/c1-5-10(11(18)19-2)17-12(20-5)16-7-4-3-6(13)8(14)9(7)15/h3-4H,1-2H3,(H,16,17). The van der Waals surface area contributed by atoms with Gasteiger partial charge in [-0.2, -0.15) is 0 Å². The van der Waals surface area contributed by atoms with Crippen LogP contribution < -0.4 is 5.32 Å². The molecule has 0 aliphatic rings. The maximum absolute atomic E-state index is 11.5. The molecule has 0 atom stereocenters. The largest absolute Gasteiger partial charge is 0.464 e. The predicted molar refractivity (Wildman–Crippen MR) is 85.6 cm³/mol. The fourth-order valence-electron chi connectivity index (χ4n) is 1.47. The van der Waals surface area contributed by atoms with Crippen LogP contribution in [0.5, 0.6) is 0 Å². The van der Waals surface area contributed by atoms with E-state index >= 15 is 0 Å². The molecule has 0 fully saturated rings. The van der Waals surface area contributed by atoms with Crippen LogP contribution in [-0.2, 0) is 4.74 Å². The highest BCUT2D eigenvalue weighted by molar-refractivity contribution is 9.10. The van der Waals surface area contributed by atoms with Crippen molar-refractivity contribution >= 4 is 67.3 Å². The molecule has 8 heteroatoms. The van der Waals surface area contributed by atoms with E-state index in [1.807, 2.05) is 0 Å². The first-order valence-electron chi connectivity index (χ1n) is 5.40. The molecule has 2 rings (SSSR count). The summed E-state index contributed by atoms with van der Waals surface area (Å²) in [6, 6.07) is 3.55. The lowest BCUT2D eigenvalue weighted by molar-refractivity contribution is 0.0594. The number of aromatic nitrogens is 1. The van der Waals surface area contributed by atoms with Crippen molar-refractivity contribution in [3.8, 4) is 0 Å². The molecule has 1 aromatic carbocycles. The molecule has 0 saturated heterocycles. The summed E-state index contributed by atoms with van der Waals surface area (Å²) in [5.41, 5.74) is 0.907. The van der Waals surface area contributed by atoms with Gasteiger partial charge in [-0.1, -0.05) is 23.2 Å². The molecular weight excluding hydrogens is 387 g/mol. The third-order valence-corrected chi connectivity index (χ3v) is 5.11. The van der Waals surface area contributed by atoms with Crippen LogP contribution in [0.4, 0.5) is 10.8 Å².